The summed E-state index contributed by atoms with van der Waals surface area (Å²) in [5.41, 5.74) is 0.0428. The van der Waals surface area contributed by atoms with Gasteiger partial charge in [-0.05, 0) is 24.3 Å². The Bertz CT molecular complexity index is 303. The molecule has 0 aliphatic carbocycles. The van der Waals surface area contributed by atoms with Crippen LogP contribution in [0.4, 0.5) is 0 Å². The largest absolute Gasteiger partial charge is 0.490 e. The topological polar surface area (TPSA) is 26.3 Å². The van der Waals surface area contributed by atoms with Gasteiger partial charge in [0, 0.05) is 5.56 Å². The summed E-state index contributed by atoms with van der Waals surface area (Å²) in [7, 11) is 5.07. The Balaban J connectivity index is 2.69. The van der Waals surface area contributed by atoms with Gasteiger partial charge in [-0.1, -0.05) is 12.7 Å². The van der Waals surface area contributed by atoms with Crippen LogP contribution in [-0.2, 0) is 0 Å². The van der Waals surface area contributed by atoms with Crippen LogP contribution in [0.2, 0.25) is 0 Å². The first-order chi connectivity index (χ1) is 6.24. The van der Waals surface area contributed by atoms with Crippen molar-refractivity contribution in [3.63, 3.8) is 0 Å². The summed E-state index contributed by atoms with van der Waals surface area (Å²) in [5, 5.41) is 0. The predicted molar refractivity (Wildman–Crippen MR) is 52.2 cm³/mol. The fourth-order valence-corrected chi connectivity index (χ4v) is 0.871. The van der Waals surface area contributed by atoms with Crippen LogP contribution in [0.5, 0.6) is 5.75 Å². The van der Waals surface area contributed by atoms with E-state index in [4.69, 9.17) is 12.6 Å². The Morgan fingerprint density at radius 2 is 2.08 bits per heavy atom. The van der Waals surface area contributed by atoms with E-state index in [1.807, 2.05) is 0 Å². The average molecular weight is 172 g/mol. The van der Waals surface area contributed by atoms with Crippen molar-refractivity contribution in [2.75, 3.05) is 6.61 Å². The monoisotopic (exact) mass is 172 g/mol. The van der Waals surface area contributed by atoms with Gasteiger partial charge < -0.3 is 9.53 Å². The highest BCUT2D eigenvalue weighted by atomic mass is 16.5. The second-order valence-electron chi connectivity index (χ2n) is 2.49. The highest BCUT2D eigenvalue weighted by Crippen LogP contribution is 2.11. The van der Waals surface area contributed by atoms with E-state index in [0.717, 1.165) is 0 Å². The van der Waals surface area contributed by atoms with Crippen LogP contribution in [0.1, 0.15) is 10.4 Å². The summed E-state index contributed by atoms with van der Waals surface area (Å²) in [6.45, 7) is 3.98. The molecule has 0 atom stereocenters. The fraction of sp³-hybridized carbons (Fsp3) is 0.100. The molecule has 1 rings (SSSR count). The third-order valence-corrected chi connectivity index (χ3v) is 1.51. The molecule has 0 saturated heterocycles. The molecule has 0 aromatic heterocycles. The molecule has 1 aromatic carbocycles. The Labute approximate surface area is 78.6 Å². The molecule has 3 heteroatoms. The lowest BCUT2D eigenvalue weighted by Gasteiger charge is -2.02. The smallest absolute Gasteiger partial charge is 0.175 e. The van der Waals surface area contributed by atoms with Crippen LogP contribution in [0.25, 0.3) is 0 Å². The predicted octanol–water partition coefficient (Wildman–Crippen LogP) is 1.56. The number of carbonyl (C=O) groups is 1. The van der Waals surface area contributed by atoms with E-state index in [2.05, 4.69) is 6.58 Å². The van der Waals surface area contributed by atoms with Gasteiger partial charge in [0.15, 0.2) is 7.85 Å². The van der Waals surface area contributed by atoms with Crippen molar-refractivity contribution in [3.8, 4) is 5.75 Å². The number of benzene rings is 1. The van der Waals surface area contributed by atoms with Crippen molar-refractivity contribution in [1.82, 2.24) is 0 Å². The zero-order valence-corrected chi connectivity index (χ0v) is 7.19. The summed E-state index contributed by atoms with van der Waals surface area (Å²) >= 11 is 0. The van der Waals surface area contributed by atoms with Crippen molar-refractivity contribution in [2.45, 2.75) is 0 Å². The molecule has 0 saturated carbocycles. The maximum absolute atomic E-state index is 10.7. The summed E-state index contributed by atoms with van der Waals surface area (Å²) in [5.74, 6) is 0.699. The highest BCUT2D eigenvalue weighted by Gasteiger charge is 1.97. The Morgan fingerprint density at radius 3 is 2.54 bits per heavy atom. The third kappa shape index (κ3) is 2.78. The fourth-order valence-electron chi connectivity index (χ4n) is 0.871. The molecule has 0 fully saturated rings. The van der Waals surface area contributed by atoms with Gasteiger partial charge >= 0.3 is 0 Å². The molecule has 0 unspecified atom stereocenters. The Hall–Kier alpha value is -1.51. The molecule has 0 amide bonds. The maximum atomic E-state index is 10.7. The molecule has 64 valence electrons. The molecule has 0 aliphatic heterocycles. The zero-order chi connectivity index (χ0) is 9.68. The summed E-state index contributed by atoms with van der Waals surface area (Å²) in [6.07, 6.45) is 1.65. The molecule has 2 nitrogen and oxygen atoms in total. The van der Waals surface area contributed by atoms with Gasteiger partial charge in [-0.3, -0.25) is 0 Å². The van der Waals surface area contributed by atoms with Crippen LogP contribution in [0.3, 0.4) is 0 Å². The number of hydrogen-bond donors (Lipinski definition) is 0. The van der Waals surface area contributed by atoms with Crippen molar-refractivity contribution in [3.05, 3.63) is 42.5 Å². The molecule has 1 aromatic rings. The first kappa shape index (κ1) is 9.58. The third-order valence-electron chi connectivity index (χ3n) is 1.51. The van der Waals surface area contributed by atoms with E-state index in [9.17, 15) is 4.79 Å². The molecule has 13 heavy (non-hydrogen) atoms. The lowest BCUT2D eigenvalue weighted by atomic mass is 9.95. The molecule has 0 heterocycles. The van der Waals surface area contributed by atoms with Crippen LogP contribution in [-0.4, -0.2) is 20.1 Å². The van der Waals surface area contributed by atoms with Gasteiger partial charge in [-0.2, -0.15) is 0 Å². The van der Waals surface area contributed by atoms with Gasteiger partial charge in [0.2, 0.25) is 0 Å². The number of ether oxygens (including phenoxy) is 1. The summed E-state index contributed by atoms with van der Waals surface area (Å²) in [6, 6.07) is 6.65. The van der Waals surface area contributed by atoms with Crippen LogP contribution in [0, 0.1) is 0 Å². The standard InChI is InChI=1S/C10H9BO2/c1-2-7-13-9-5-3-8(4-6-9)10(11)12/h2-6H,1,7H2. The number of rotatable bonds is 4. The maximum Gasteiger partial charge on any atom is 0.175 e. The Kier molecular flexibility index (Phi) is 3.32. The van der Waals surface area contributed by atoms with Gasteiger partial charge in [0.1, 0.15) is 18.0 Å². The molecule has 0 bridgehead atoms. The molecule has 0 spiro atoms. The van der Waals surface area contributed by atoms with E-state index in [0.29, 0.717) is 17.9 Å². The van der Waals surface area contributed by atoms with Gasteiger partial charge in [-0.15, -0.1) is 0 Å². The van der Waals surface area contributed by atoms with E-state index < -0.39 is 5.68 Å². The van der Waals surface area contributed by atoms with Crippen LogP contribution < -0.4 is 4.74 Å². The second-order valence-corrected chi connectivity index (χ2v) is 2.49. The van der Waals surface area contributed by atoms with Crippen LogP contribution in [0.15, 0.2) is 36.9 Å². The minimum absolute atomic E-state index is 0.435. The zero-order valence-electron chi connectivity index (χ0n) is 7.19. The van der Waals surface area contributed by atoms with E-state index in [1.54, 1.807) is 30.3 Å². The average Bonchev–Trinajstić information content (AvgIpc) is 2.15. The molecular formula is C10H9BO2. The lowest BCUT2D eigenvalue weighted by molar-refractivity contribution is 0.108. The molecule has 0 N–H and O–H groups in total. The number of carbonyl (C=O) groups excluding carboxylic acids is 1. The first-order valence-corrected chi connectivity index (χ1v) is 3.87. The molecular weight excluding hydrogens is 163 g/mol. The number of hydrogen-bond acceptors (Lipinski definition) is 2. The van der Waals surface area contributed by atoms with E-state index in [-0.39, 0.29) is 0 Å². The highest BCUT2D eigenvalue weighted by molar-refractivity contribution is 6.62. The van der Waals surface area contributed by atoms with Crippen LogP contribution >= 0.6 is 0 Å². The van der Waals surface area contributed by atoms with Crippen molar-refractivity contribution in [1.29, 1.82) is 0 Å². The van der Waals surface area contributed by atoms with E-state index in [1.165, 1.54) is 0 Å². The summed E-state index contributed by atoms with van der Waals surface area (Å²) < 4.78 is 5.22. The van der Waals surface area contributed by atoms with E-state index >= 15 is 0 Å². The lowest BCUT2D eigenvalue weighted by Crippen LogP contribution is -1.97. The SMILES string of the molecule is [B]C(=O)c1ccc(OCC=C)cc1. The van der Waals surface area contributed by atoms with Gasteiger partial charge in [0.25, 0.3) is 0 Å². The van der Waals surface area contributed by atoms with Crippen molar-refractivity contribution >= 4 is 13.5 Å². The normalized spacial score (nSPS) is 9.23. The quantitative estimate of drug-likeness (QED) is 0.508. The minimum Gasteiger partial charge on any atom is -0.490 e. The van der Waals surface area contributed by atoms with Crippen molar-refractivity contribution in [2.24, 2.45) is 0 Å². The minimum atomic E-state index is -0.435. The molecule has 0 aliphatic rings. The Morgan fingerprint density at radius 1 is 1.46 bits per heavy atom. The van der Waals surface area contributed by atoms with Gasteiger partial charge in [0.05, 0.1) is 0 Å². The van der Waals surface area contributed by atoms with Gasteiger partial charge in [-0.25, -0.2) is 0 Å². The summed E-state index contributed by atoms with van der Waals surface area (Å²) in [4.78, 5) is 10.7. The first-order valence-electron chi connectivity index (χ1n) is 3.87. The second kappa shape index (κ2) is 4.50. The molecule has 2 radical (unpaired) electrons. The van der Waals surface area contributed by atoms with Crippen molar-refractivity contribution < 1.29 is 9.53 Å².